The fourth-order valence-electron chi connectivity index (χ4n) is 3.80. The molecule has 0 saturated heterocycles. The van der Waals surface area contributed by atoms with Crippen molar-refractivity contribution >= 4 is 12.1 Å². The highest BCUT2D eigenvalue weighted by Gasteiger charge is 2.54. The van der Waals surface area contributed by atoms with Crippen molar-refractivity contribution in [1.29, 1.82) is 0 Å². The van der Waals surface area contributed by atoms with Gasteiger partial charge in [0.2, 0.25) is 11.7 Å². The van der Waals surface area contributed by atoms with Crippen molar-refractivity contribution in [2.75, 3.05) is 21.3 Å². The zero-order chi connectivity index (χ0) is 17.1. The smallest absolute Gasteiger partial charge is 0.243 e. The molecule has 2 aliphatic rings. The van der Waals surface area contributed by atoms with Crippen LogP contribution in [0.2, 0.25) is 0 Å². The van der Waals surface area contributed by atoms with E-state index in [1.807, 2.05) is 0 Å². The van der Waals surface area contributed by atoms with E-state index in [-0.39, 0.29) is 11.8 Å². The number of carbonyl (C=O) groups excluding carboxylic acids is 1. The third-order valence-corrected chi connectivity index (χ3v) is 5.03. The van der Waals surface area contributed by atoms with Gasteiger partial charge in [0, 0.05) is 11.5 Å². The van der Waals surface area contributed by atoms with Crippen molar-refractivity contribution in [3.63, 3.8) is 0 Å². The molecule has 1 amide bonds. The summed E-state index contributed by atoms with van der Waals surface area (Å²) in [5.74, 6) is 2.99. The molecule has 0 radical (unpaired) electrons. The van der Waals surface area contributed by atoms with Crippen LogP contribution in [-0.2, 0) is 4.79 Å². The first kappa shape index (κ1) is 16.6. The number of rotatable bonds is 6. The molecule has 0 aliphatic heterocycles. The third-order valence-electron chi connectivity index (χ3n) is 5.03. The second-order valence-corrected chi connectivity index (χ2v) is 6.33. The molecule has 3 rings (SSSR count). The van der Waals surface area contributed by atoms with Gasteiger partial charge in [0.15, 0.2) is 11.5 Å². The van der Waals surface area contributed by atoms with E-state index < -0.39 is 0 Å². The lowest BCUT2D eigenvalue weighted by molar-refractivity contribution is -0.122. The van der Waals surface area contributed by atoms with E-state index in [9.17, 15) is 4.79 Å². The van der Waals surface area contributed by atoms with Crippen molar-refractivity contribution in [2.24, 2.45) is 22.9 Å². The van der Waals surface area contributed by atoms with E-state index in [1.165, 1.54) is 25.7 Å². The van der Waals surface area contributed by atoms with Gasteiger partial charge in [-0.2, -0.15) is 5.10 Å². The van der Waals surface area contributed by atoms with Gasteiger partial charge in [-0.15, -0.1) is 0 Å². The highest BCUT2D eigenvalue weighted by molar-refractivity contribution is 5.86. The summed E-state index contributed by atoms with van der Waals surface area (Å²) in [4.78, 5) is 12.2. The minimum atomic E-state index is 0.0376. The number of nitrogens with zero attached hydrogens (tertiary/aromatic N) is 1. The Morgan fingerprint density at radius 1 is 1.08 bits per heavy atom. The Morgan fingerprint density at radius 3 is 2.17 bits per heavy atom. The van der Waals surface area contributed by atoms with E-state index in [2.05, 4.69) is 10.5 Å². The Bertz CT molecular complexity index is 607. The molecule has 24 heavy (non-hydrogen) atoms. The van der Waals surface area contributed by atoms with Crippen LogP contribution in [-0.4, -0.2) is 33.5 Å². The number of hydrogen-bond acceptors (Lipinski definition) is 5. The van der Waals surface area contributed by atoms with Crippen LogP contribution < -0.4 is 19.6 Å². The molecule has 2 aliphatic carbocycles. The first-order valence-electron chi connectivity index (χ1n) is 8.32. The summed E-state index contributed by atoms with van der Waals surface area (Å²) in [6, 6.07) is 3.57. The Kier molecular flexibility index (Phi) is 4.92. The lowest BCUT2D eigenvalue weighted by Crippen LogP contribution is -2.20. The molecule has 6 nitrogen and oxygen atoms in total. The van der Waals surface area contributed by atoms with Crippen LogP contribution >= 0.6 is 0 Å². The molecule has 0 bridgehead atoms. The molecule has 1 aromatic carbocycles. The highest BCUT2D eigenvalue weighted by atomic mass is 16.5. The number of hydrazone groups is 1. The summed E-state index contributed by atoms with van der Waals surface area (Å²) < 4.78 is 15.9. The maximum Gasteiger partial charge on any atom is 0.243 e. The highest BCUT2D eigenvalue weighted by Crippen LogP contribution is 2.55. The molecule has 0 aromatic heterocycles. The van der Waals surface area contributed by atoms with Crippen LogP contribution in [0, 0.1) is 17.8 Å². The van der Waals surface area contributed by atoms with Crippen molar-refractivity contribution in [1.82, 2.24) is 5.43 Å². The second kappa shape index (κ2) is 7.11. The Morgan fingerprint density at radius 2 is 1.67 bits per heavy atom. The van der Waals surface area contributed by atoms with E-state index in [0.29, 0.717) is 29.1 Å². The fourth-order valence-corrected chi connectivity index (χ4v) is 3.80. The van der Waals surface area contributed by atoms with Gasteiger partial charge >= 0.3 is 0 Å². The van der Waals surface area contributed by atoms with Crippen LogP contribution in [0.5, 0.6) is 17.2 Å². The van der Waals surface area contributed by atoms with Gasteiger partial charge in [0.1, 0.15) is 0 Å². The van der Waals surface area contributed by atoms with Crippen LogP contribution in [0.3, 0.4) is 0 Å². The maximum absolute atomic E-state index is 12.2. The molecule has 2 unspecified atom stereocenters. The summed E-state index contributed by atoms with van der Waals surface area (Å²) in [5, 5.41) is 4.09. The first-order chi connectivity index (χ1) is 11.7. The molecule has 0 spiro atoms. The zero-order valence-electron chi connectivity index (χ0n) is 14.4. The molecule has 2 saturated carbocycles. The van der Waals surface area contributed by atoms with E-state index in [4.69, 9.17) is 14.2 Å². The largest absolute Gasteiger partial charge is 0.493 e. The topological polar surface area (TPSA) is 69.2 Å². The fraction of sp³-hybridized carbons (Fsp3) is 0.556. The number of fused-ring (bicyclic) bond motifs is 1. The van der Waals surface area contributed by atoms with Crippen molar-refractivity contribution < 1.29 is 19.0 Å². The molecule has 130 valence electrons. The Hall–Kier alpha value is -2.24. The number of carbonyl (C=O) groups is 1. The van der Waals surface area contributed by atoms with Crippen LogP contribution in [0.15, 0.2) is 17.2 Å². The summed E-state index contributed by atoms with van der Waals surface area (Å²) in [6.07, 6.45) is 6.45. The number of benzene rings is 1. The van der Waals surface area contributed by atoms with Crippen LogP contribution in [0.25, 0.3) is 0 Å². The van der Waals surface area contributed by atoms with Gasteiger partial charge in [-0.1, -0.05) is 12.8 Å². The van der Waals surface area contributed by atoms with Gasteiger partial charge < -0.3 is 14.2 Å². The van der Waals surface area contributed by atoms with Crippen LogP contribution in [0.4, 0.5) is 0 Å². The summed E-state index contributed by atoms with van der Waals surface area (Å²) in [7, 11) is 4.69. The van der Waals surface area contributed by atoms with E-state index >= 15 is 0 Å². The quantitative estimate of drug-likeness (QED) is 0.642. The van der Waals surface area contributed by atoms with Crippen molar-refractivity contribution in [3.05, 3.63) is 17.7 Å². The molecule has 6 heteroatoms. The lowest BCUT2D eigenvalue weighted by Gasteiger charge is -2.12. The molecule has 2 atom stereocenters. The van der Waals surface area contributed by atoms with Crippen molar-refractivity contribution in [2.45, 2.75) is 25.7 Å². The van der Waals surface area contributed by atoms with Gasteiger partial charge in [0.25, 0.3) is 0 Å². The zero-order valence-corrected chi connectivity index (χ0v) is 14.4. The molecule has 1 N–H and O–H groups in total. The standard InChI is InChI=1S/C18H24N2O4/c1-22-14-8-11(9-15(23-2)17(14)24-3)10-19-20-18(21)16-12-6-4-5-7-13(12)16/h8-10,12-13,16H,4-7H2,1-3H3,(H,20,21)/b19-10+. The predicted octanol–water partition coefficient (Wildman–Crippen LogP) is 2.60. The van der Waals surface area contributed by atoms with Crippen molar-refractivity contribution in [3.8, 4) is 17.2 Å². The molecule has 0 heterocycles. The molecular formula is C18H24N2O4. The van der Waals surface area contributed by atoms with Gasteiger partial charge in [-0.05, 0) is 36.8 Å². The van der Waals surface area contributed by atoms with Gasteiger partial charge in [0.05, 0.1) is 27.5 Å². The van der Waals surface area contributed by atoms with E-state index in [0.717, 1.165) is 5.56 Å². The van der Waals surface area contributed by atoms with Gasteiger partial charge in [-0.25, -0.2) is 5.43 Å². The second-order valence-electron chi connectivity index (χ2n) is 6.33. The summed E-state index contributed by atoms with van der Waals surface area (Å²) in [5.41, 5.74) is 3.43. The minimum absolute atomic E-state index is 0.0376. The number of nitrogens with one attached hydrogen (secondary N) is 1. The first-order valence-corrected chi connectivity index (χ1v) is 8.32. The van der Waals surface area contributed by atoms with Gasteiger partial charge in [-0.3, -0.25) is 4.79 Å². The Labute approximate surface area is 142 Å². The SMILES string of the molecule is COc1cc(/C=N/NC(=O)C2C3CCCCC32)cc(OC)c1OC. The number of methoxy groups -OCH3 is 3. The van der Waals surface area contributed by atoms with E-state index in [1.54, 1.807) is 39.7 Å². The predicted molar refractivity (Wildman–Crippen MR) is 90.8 cm³/mol. The number of hydrogen-bond donors (Lipinski definition) is 1. The number of amides is 1. The lowest BCUT2D eigenvalue weighted by atomic mass is 10.0. The molecule has 2 fully saturated rings. The molecular weight excluding hydrogens is 308 g/mol. The number of ether oxygens (including phenoxy) is 3. The third kappa shape index (κ3) is 3.18. The Balaban J connectivity index is 1.65. The molecule has 1 aromatic rings. The average molecular weight is 332 g/mol. The average Bonchev–Trinajstić information content (AvgIpc) is 3.35. The minimum Gasteiger partial charge on any atom is -0.493 e. The van der Waals surface area contributed by atoms with Crippen LogP contribution in [0.1, 0.15) is 31.2 Å². The summed E-state index contributed by atoms with van der Waals surface area (Å²) in [6.45, 7) is 0. The monoisotopic (exact) mass is 332 g/mol. The maximum atomic E-state index is 12.2. The normalized spacial score (nSPS) is 25.0. The summed E-state index contributed by atoms with van der Waals surface area (Å²) >= 11 is 0.